The van der Waals surface area contributed by atoms with E-state index in [4.69, 9.17) is 9.84 Å². The molecule has 82 valence electrons. The number of hydrogen-bond donors (Lipinski definition) is 1. The van der Waals surface area contributed by atoms with Gasteiger partial charge in [-0.05, 0) is 24.6 Å². The zero-order chi connectivity index (χ0) is 11.6. The lowest BCUT2D eigenvalue weighted by Gasteiger charge is -2.18. The summed E-state index contributed by atoms with van der Waals surface area (Å²) in [6, 6.07) is 0. The van der Waals surface area contributed by atoms with Crippen molar-refractivity contribution in [3.8, 4) is 0 Å². The molecule has 0 saturated heterocycles. The minimum atomic E-state index is -2.48. The molecule has 0 heterocycles. The van der Waals surface area contributed by atoms with E-state index in [-0.39, 0.29) is 10.4 Å². The van der Waals surface area contributed by atoms with Gasteiger partial charge in [-0.2, -0.15) is 8.42 Å². The molecule has 1 aliphatic rings. The van der Waals surface area contributed by atoms with E-state index in [2.05, 4.69) is 0 Å². The van der Waals surface area contributed by atoms with Gasteiger partial charge >= 0.3 is 5.97 Å². The van der Waals surface area contributed by atoms with Gasteiger partial charge < -0.3 is 9.84 Å². The Morgan fingerprint density at radius 3 is 2.47 bits per heavy atom. The minimum Gasteiger partial charge on any atom is -0.478 e. The predicted molar refractivity (Wildman–Crippen MR) is 54.2 cm³/mol. The summed E-state index contributed by atoms with van der Waals surface area (Å²) in [5, 5.41) is 8.87. The average Bonchev–Trinajstić information content (AvgIpc) is 2.16. The molecule has 0 fully saturated rings. The Balaban J connectivity index is 3.38. The third-order valence-corrected chi connectivity index (χ3v) is 2.69. The highest BCUT2D eigenvalue weighted by Crippen LogP contribution is 2.18. The van der Waals surface area contributed by atoms with E-state index in [0.717, 1.165) is 0 Å². The zero-order valence-corrected chi connectivity index (χ0v) is 9.04. The van der Waals surface area contributed by atoms with E-state index in [9.17, 15) is 13.2 Å². The van der Waals surface area contributed by atoms with Crippen LogP contribution in [-0.4, -0.2) is 37.6 Å². The monoisotopic (exact) mass is 230 g/mol. The maximum atomic E-state index is 10.9. The van der Waals surface area contributed by atoms with Crippen LogP contribution in [0.5, 0.6) is 0 Å². The van der Waals surface area contributed by atoms with Crippen LogP contribution in [0.15, 0.2) is 23.3 Å². The predicted octanol–water partition coefficient (Wildman–Crippen LogP) is 0.0238. The fraction of sp³-hybridized carbons (Fsp3) is 0.333. The summed E-state index contributed by atoms with van der Waals surface area (Å²) < 4.78 is 26.6. The highest BCUT2D eigenvalue weighted by atomic mass is 32.2. The SMILES string of the molecule is COC1C(C(=O)O)=CC(C)=CC1=S(=O)=O. The molecule has 5 nitrogen and oxygen atoms in total. The largest absolute Gasteiger partial charge is 0.478 e. The summed E-state index contributed by atoms with van der Waals surface area (Å²) in [5.74, 6) is -1.18. The number of ether oxygens (including phenoxy) is 1. The summed E-state index contributed by atoms with van der Waals surface area (Å²) in [7, 11) is -1.21. The van der Waals surface area contributed by atoms with Crippen molar-refractivity contribution in [2.45, 2.75) is 13.0 Å². The normalized spacial score (nSPS) is 20.7. The van der Waals surface area contributed by atoms with Crippen LogP contribution in [0.3, 0.4) is 0 Å². The van der Waals surface area contributed by atoms with Gasteiger partial charge in [-0.1, -0.05) is 0 Å². The topological polar surface area (TPSA) is 80.7 Å². The number of aliphatic carboxylic acids is 1. The molecule has 0 spiro atoms. The summed E-state index contributed by atoms with van der Waals surface area (Å²) >= 11 is 0. The van der Waals surface area contributed by atoms with Gasteiger partial charge in [0, 0.05) is 7.11 Å². The van der Waals surface area contributed by atoms with Crippen LogP contribution < -0.4 is 0 Å². The molecule has 15 heavy (non-hydrogen) atoms. The summed E-state index contributed by atoms with van der Waals surface area (Å²) in [5.41, 5.74) is 0.497. The molecule has 1 rings (SSSR count). The molecule has 1 N–H and O–H groups in total. The van der Waals surface area contributed by atoms with Crippen molar-refractivity contribution < 1.29 is 23.1 Å². The Labute approximate surface area is 88.2 Å². The van der Waals surface area contributed by atoms with Crippen molar-refractivity contribution in [2.24, 2.45) is 0 Å². The second-order valence-electron chi connectivity index (χ2n) is 3.05. The highest BCUT2D eigenvalue weighted by Gasteiger charge is 2.28. The van der Waals surface area contributed by atoms with E-state index in [1.165, 1.54) is 19.3 Å². The van der Waals surface area contributed by atoms with Gasteiger partial charge in [-0.15, -0.1) is 0 Å². The average molecular weight is 230 g/mol. The number of methoxy groups -OCH3 is 1. The standard InChI is InChI=1S/C9H10O5S/c1-5-3-6(9(10)11)8(14-2)7(4-5)15(12)13/h3-4,8H,1-2H3,(H,10,11). The molecule has 0 saturated carbocycles. The summed E-state index contributed by atoms with van der Waals surface area (Å²) in [4.78, 5) is 10.8. The first-order chi connectivity index (χ1) is 6.97. The van der Waals surface area contributed by atoms with E-state index in [1.807, 2.05) is 0 Å². The fourth-order valence-electron chi connectivity index (χ4n) is 1.37. The first-order valence-electron chi connectivity index (χ1n) is 4.09. The summed E-state index contributed by atoms with van der Waals surface area (Å²) in [6.45, 7) is 1.63. The Morgan fingerprint density at radius 1 is 1.47 bits per heavy atom. The van der Waals surface area contributed by atoms with Gasteiger partial charge in [0.1, 0.15) is 11.0 Å². The van der Waals surface area contributed by atoms with Crippen molar-refractivity contribution in [3.63, 3.8) is 0 Å². The number of carboxylic acids is 1. The Kier molecular flexibility index (Phi) is 3.43. The van der Waals surface area contributed by atoms with Crippen LogP contribution in [0.4, 0.5) is 0 Å². The molecule has 1 atom stereocenters. The third kappa shape index (κ3) is 2.34. The van der Waals surface area contributed by atoms with Crippen molar-refractivity contribution >= 4 is 21.1 Å². The molecule has 6 heteroatoms. The van der Waals surface area contributed by atoms with E-state index in [0.29, 0.717) is 5.57 Å². The fourth-order valence-corrected chi connectivity index (χ4v) is 2.05. The van der Waals surface area contributed by atoms with Crippen molar-refractivity contribution in [1.82, 2.24) is 0 Å². The lowest BCUT2D eigenvalue weighted by atomic mass is 9.97. The molecule has 1 unspecified atom stereocenters. The number of allylic oxidation sites excluding steroid dienone is 2. The van der Waals surface area contributed by atoms with Gasteiger partial charge in [-0.3, -0.25) is 0 Å². The zero-order valence-electron chi connectivity index (χ0n) is 8.22. The van der Waals surface area contributed by atoms with Crippen LogP contribution in [0.25, 0.3) is 0 Å². The molecule has 0 amide bonds. The lowest BCUT2D eigenvalue weighted by Crippen LogP contribution is -2.31. The molecule has 0 radical (unpaired) electrons. The van der Waals surface area contributed by atoms with Crippen molar-refractivity contribution in [1.29, 1.82) is 0 Å². The minimum absolute atomic E-state index is 0.0603. The Morgan fingerprint density at radius 2 is 2.07 bits per heavy atom. The summed E-state index contributed by atoms with van der Waals surface area (Å²) in [6.07, 6.45) is 1.76. The van der Waals surface area contributed by atoms with Crippen LogP contribution in [0, 0.1) is 0 Å². The molecule has 1 aliphatic carbocycles. The molecule has 0 aromatic rings. The van der Waals surface area contributed by atoms with Crippen LogP contribution in [-0.2, 0) is 19.8 Å². The van der Waals surface area contributed by atoms with Crippen LogP contribution in [0.2, 0.25) is 0 Å². The van der Waals surface area contributed by atoms with E-state index < -0.39 is 22.4 Å². The maximum absolute atomic E-state index is 10.9. The quantitative estimate of drug-likeness (QED) is 0.676. The van der Waals surface area contributed by atoms with Crippen LogP contribution in [0.1, 0.15) is 6.92 Å². The second-order valence-corrected chi connectivity index (χ2v) is 3.99. The van der Waals surface area contributed by atoms with Crippen molar-refractivity contribution in [3.05, 3.63) is 23.3 Å². The van der Waals surface area contributed by atoms with E-state index >= 15 is 0 Å². The number of rotatable bonds is 2. The first-order valence-corrected chi connectivity index (χ1v) is 5.17. The Bertz CT molecular complexity index is 473. The van der Waals surface area contributed by atoms with Gasteiger partial charge in [0.25, 0.3) is 0 Å². The number of hydrogen-bond acceptors (Lipinski definition) is 4. The molecule has 0 aromatic carbocycles. The van der Waals surface area contributed by atoms with Gasteiger partial charge in [-0.25, -0.2) is 4.79 Å². The number of carboxylic acid groups (broad SMARTS) is 1. The molecular formula is C9H10O5S. The molecule has 0 aromatic heterocycles. The number of carbonyl (C=O) groups is 1. The second kappa shape index (κ2) is 4.41. The van der Waals surface area contributed by atoms with Crippen LogP contribution >= 0.6 is 0 Å². The smallest absolute Gasteiger partial charge is 0.334 e. The third-order valence-electron chi connectivity index (χ3n) is 1.97. The lowest BCUT2D eigenvalue weighted by molar-refractivity contribution is -0.133. The van der Waals surface area contributed by atoms with Crippen molar-refractivity contribution in [2.75, 3.05) is 7.11 Å². The van der Waals surface area contributed by atoms with Gasteiger partial charge in [0.2, 0.25) is 10.3 Å². The Hall–Kier alpha value is -1.40. The molecule has 0 aliphatic heterocycles. The molecule has 0 bridgehead atoms. The van der Waals surface area contributed by atoms with Gasteiger partial charge in [0.05, 0.1) is 5.57 Å². The molecular weight excluding hydrogens is 220 g/mol. The highest BCUT2D eigenvalue weighted by molar-refractivity contribution is 7.73. The maximum Gasteiger partial charge on any atom is 0.334 e. The van der Waals surface area contributed by atoms with Gasteiger partial charge in [0.15, 0.2) is 0 Å². The first kappa shape index (κ1) is 11.7. The van der Waals surface area contributed by atoms with E-state index in [1.54, 1.807) is 6.92 Å².